The molecule has 8 rings (SSSR count). The van der Waals surface area contributed by atoms with Gasteiger partial charge in [-0.3, -0.25) is 14.4 Å². The number of rotatable bonds is 10. The summed E-state index contributed by atoms with van der Waals surface area (Å²) in [5, 5.41) is 7.01. The highest BCUT2D eigenvalue weighted by Gasteiger charge is 2.45. The molecule has 3 aromatic heterocycles. The Balaban J connectivity index is 1.14. The van der Waals surface area contributed by atoms with Gasteiger partial charge in [-0.15, -0.1) is 5.10 Å². The van der Waals surface area contributed by atoms with Crippen LogP contribution in [0.5, 0.6) is 5.75 Å². The van der Waals surface area contributed by atoms with Gasteiger partial charge in [0.15, 0.2) is 17.3 Å². The van der Waals surface area contributed by atoms with Crippen molar-refractivity contribution < 1.29 is 32.2 Å². The number of aromatic nitrogens is 6. The van der Waals surface area contributed by atoms with Crippen LogP contribution >= 0.6 is 11.6 Å². The Bertz CT molecular complexity index is 2510. The van der Waals surface area contributed by atoms with Crippen molar-refractivity contribution in [3.63, 3.8) is 0 Å². The fourth-order valence-electron chi connectivity index (χ4n) is 8.26. The number of amides is 2. The van der Waals surface area contributed by atoms with E-state index >= 15 is 0 Å². The highest BCUT2D eigenvalue weighted by Crippen LogP contribution is 2.38. The smallest absolute Gasteiger partial charge is 0.416 e. The van der Waals surface area contributed by atoms with Crippen LogP contribution in [0.15, 0.2) is 65.7 Å². The number of likely N-dealkylation sites (tertiary alicyclic amines) is 1. The van der Waals surface area contributed by atoms with E-state index in [-0.39, 0.29) is 53.3 Å². The molecule has 14 nitrogen and oxygen atoms in total. The molecule has 0 radical (unpaired) electrons. The van der Waals surface area contributed by atoms with Gasteiger partial charge in [-0.25, -0.2) is 9.97 Å². The molecule has 3 aliphatic heterocycles. The van der Waals surface area contributed by atoms with Crippen LogP contribution < -0.4 is 20.5 Å². The number of hydrogen-bond donors (Lipinski definition) is 1. The zero-order valence-electron chi connectivity index (χ0n) is 32.3. The molecule has 2 fully saturated rings. The first-order valence-corrected chi connectivity index (χ1v) is 19.8. The topological polar surface area (TPSA) is 149 Å². The molecule has 0 bridgehead atoms. The zero-order valence-corrected chi connectivity index (χ0v) is 33.1. The number of fused-ring (bicyclic) bond motifs is 2. The molecular weight excluding hydrogens is 791 g/mol. The lowest BCUT2D eigenvalue weighted by molar-refractivity contribution is -0.137. The van der Waals surface area contributed by atoms with Gasteiger partial charge in [0.25, 0.3) is 11.5 Å². The van der Waals surface area contributed by atoms with E-state index in [9.17, 15) is 27.6 Å². The standard InChI is InChI=1S/C41H41ClF3N9O5/c1-3-30-35(51-17-13-32-31(51)10-7-16-52(32)38(56)34-36(24(2)46-23-47-34)59-22-25-8-5-4-6-9-25)39(57)54-40(49-37(50-54)26-14-18-58-19-15-26)53(30)21-33(55)48-29-12-11-27(20-28(29)42)41(43,44)45/h4-6,8-9,11-12,14,20,23,31-32H,3,7,10,13,15-19,21-22H2,1-2H3,(H,48,55). The molecule has 2 saturated heterocycles. The summed E-state index contributed by atoms with van der Waals surface area (Å²) in [6.07, 6.45) is 1.34. The zero-order chi connectivity index (χ0) is 41.4. The van der Waals surface area contributed by atoms with Gasteiger partial charge >= 0.3 is 6.18 Å². The number of hydrogen-bond acceptors (Lipinski definition) is 10. The monoisotopic (exact) mass is 831 g/mol. The second kappa shape index (κ2) is 16.4. The average molecular weight is 832 g/mol. The van der Waals surface area contributed by atoms with Gasteiger partial charge in [0.05, 0.1) is 46.9 Å². The summed E-state index contributed by atoms with van der Waals surface area (Å²) >= 11 is 6.20. The van der Waals surface area contributed by atoms with Crippen molar-refractivity contribution in [2.24, 2.45) is 0 Å². The SMILES string of the molecule is CCc1c(N2CCC3C2CCCN3C(=O)c2ncnc(C)c2OCc2ccccc2)c(=O)n2nc(C3=CCOCC3)nc2n1CC(=O)Nc1ccc(C(F)(F)F)cc1Cl. The molecule has 0 saturated carbocycles. The number of ether oxygens (including phenoxy) is 2. The second-order valence-electron chi connectivity index (χ2n) is 14.7. The second-order valence-corrected chi connectivity index (χ2v) is 15.1. The number of carbonyl (C=O) groups is 2. The van der Waals surface area contributed by atoms with Crippen LogP contribution in [0.25, 0.3) is 11.4 Å². The summed E-state index contributed by atoms with van der Waals surface area (Å²) < 4.78 is 54.5. The van der Waals surface area contributed by atoms with Crippen LogP contribution in [0.2, 0.25) is 5.02 Å². The molecule has 59 heavy (non-hydrogen) atoms. The Kier molecular flexibility index (Phi) is 11.1. The number of nitrogens with one attached hydrogen (secondary N) is 1. The predicted molar refractivity (Wildman–Crippen MR) is 212 cm³/mol. The molecule has 3 aliphatic rings. The first-order chi connectivity index (χ1) is 28.4. The van der Waals surface area contributed by atoms with E-state index in [1.165, 1.54) is 10.8 Å². The summed E-state index contributed by atoms with van der Waals surface area (Å²) in [5.74, 6) is -0.124. The third kappa shape index (κ3) is 7.88. The maximum atomic E-state index is 14.7. The van der Waals surface area contributed by atoms with E-state index in [1.54, 1.807) is 11.5 Å². The third-order valence-corrected chi connectivity index (χ3v) is 11.4. The Morgan fingerprint density at radius 1 is 1.07 bits per heavy atom. The van der Waals surface area contributed by atoms with Gasteiger partial charge in [-0.05, 0) is 68.4 Å². The molecule has 308 valence electrons. The van der Waals surface area contributed by atoms with Crippen LogP contribution in [0, 0.1) is 6.92 Å². The van der Waals surface area contributed by atoms with Crippen molar-refractivity contribution in [2.75, 3.05) is 36.5 Å². The number of nitrogens with zero attached hydrogens (tertiary/aromatic N) is 8. The van der Waals surface area contributed by atoms with Crippen LogP contribution in [0.3, 0.4) is 0 Å². The minimum absolute atomic E-state index is 0.00336. The molecule has 2 amide bonds. The van der Waals surface area contributed by atoms with Gasteiger partial charge in [0.1, 0.15) is 25.2 Å². The molecule has 6 heterocycles. The highest BCUT2D eigenvalue weighted by atomic mass is 35.5. The first kappa shape index (κ1) is 40.0. The molecule has 2 unspecified atom stereocenters. The number of piperidine rings is 1. The van der Waals surface area contributed by atoms with E-state index in [1.807, 2.05) is 53.1 Å². The van der Waals surface area contributed by atoms with E-state index < -0.39 is 23.2 Å². The number of carbonyl (C=O) groups excluding carboxylic acids is 2. The van der Waals surface area contributed by atoms with Crippen LogP contribution in [-0.2, 0) is 35.3 Å². The highest BCUT2D eigenvalue weighted by molar-refractivity contribution is 6.33. The Morgan fingerprint density at radius 2 is 1.88 bits per heavy atom. The Labute approximate surface area is 341 Å². The van der Waals surface area contributed by atoms with Crippen molar-refractivity contribution >= 4 is 46.1 Å². The van der Waals surface area contributed by atoms with E-state index in [4.69, 9.17) is 26.1 Å². The lowest BCUT2D eigenvalue weighted by Gasteiger charge is -2.40. The quantitative estimate of drug-likeness (QED) is 0.174. The van der Waals surface area contributed by atoms with Gasteiger partial charge in [-0.1, -0.05) is 54.9 Å². The number of aryl methyl sites for hydroxylation is 1. The summed E-state index contributed by atoms with van der Waals surface area (Å²) in [6, 6.07) is 11.8. The molecular formula is C41H41ClF3N9O5. The molecule has 0 spiro atoms. The Hall–Kier alpha value is -5.81. The van der Waals surface area contributed by atoms with Crippen LogP contribution in [-0.4, -0.2) is 84.2 Å². The van der Waals surface area contributed by atoms with Gasteiger partial charge in [0.2, 0.25) is 11.7 Å². The minimum atomic E-state index is -4.61. The van der Waals surface area contributed by atoms with Crippen molar-refractivity contribution in [1.29, 1.82) is 0 Å². The number of benzene rings is 2. The molecule has 1 N–H and O–H groups in total. The van der Waals surface area contributed by atoms with Crippen molar-refractivity contribution in [2.45, 2.75) is 77.4 Å². The van der Waals surface area contributed by atoms with E-state index in [2.05, 4.69) is 20.4 Å². The molecule has 2 atom stereocenters. The molecule has 5 aromatic rings. The Morgan fingerprint density at radius 3 is 2.61 bits per heavy atom. The van der Waals surface area contributed by atoms with E-state index in [0.717, 1.165) is 29.3 Å². The van der Waals surface area contributed by atoms with Crippen molar-refractivity contribution in [3.05, 3.63) is 110 Å². The lowest BCUT2D eigenvalue weighted by atomic mass is 9.96. The van der Waals surface area contributed by atoms with Crippen LogP contribution in [0.1, 0.15) is 71.4 Å². The normalized spacial score (nSPS) is 18.2. The summed E-state index contributed by atoms with van der Waals surface area (Å²) in [4.78, 5) is 60.2. The average Bonchev–Trinajstić information content (AvgIpc) is 3.88. The van der Waals surface area contributed by atoms with Crippen molar-refractivity contribution in [3.8, 4) is 5.75 Å². The maximum absolute atomic E-state index is 14.7. The van der Waals surface area contributed by atoms with E-state index in [0.29, 0.717) is 87.1 Å². The van der Waals surface area contributed by atoms with Gasteiger partial charge in [0, 0.05) is 19.1 Å². The summed E-state index contributed by atoms with van der Waals surface area (Å²) in [6.45, 7) is 5.24. The van der Waals surface area contributed by atoms with Gasteiger partial charge < -0.3 is 29.2 Å². The number of alkyl halides is 3. The predicted octanol–water partition coefficient (Wildman–Crippen LogP) is 6.13. The fourth-order valence-corrected chi connectivity index (χ4v) is 8.49. The summed E-state index contributed by atoms with van der Waals surface area (Å²) in [7, 11) is 0. The lowest BCUT2D eigenvalue weighted by Crippen LogP contribution is -2.53. The minimum Gasteiger partial charge on any atom is -0.485 e. The molecule has 2 aromatic carbocycles. The van der Waals surface area contributed by atoms with Gasteiger partial charge in [-0.2, -0.15) is 22.7 Å². The maximum Gasteiger partial charge on any atom is 0.416 e. The molecule has 0 aliphatic carbocycles. The fraction of sp³-hybridized carbons (Fsp3) is 0.390. The third-order valence-electron chi connectivity index (χ3n) is 11.1. The summed E-state index contributed by atoms with van der Waals surface area (Å²) in [5.41, 5.74) is 1.91. The number of halogens is 4. The van der Waals surface area contributed by atoms with Crippen LogP contribution in [0.4, 0.5) is 24.5 Å². The first-order valence-electron chi connectivity index (χ1n) is 19.4. The largest absolute Gasteiger partial charge is 0.485 e. The number of anilines is 2. The molecule has 18 heteroatoms. The van der Waals surface area contributed by atoms with Crippen molar-refractivity contribution in [1.82, 2.24) is 34.0 Å².